The van der Waals surface area contributed by atoms with Crippen LogP contribution in [0.15, 0.2) is 30.5 Å². The molecule has 27 heavy (non-hydrogen) atoms. The number of nitrogens with zero attached hydrogens (tertiary/aromatic N) is 3. The van der Waals surface area contributed by atoms with Gasteiger partial charge in [-0.3, -0.25) is 4.79 Å². The van der Waals surface area contributed by atoms with E-state index in [-0.39, 0.29) is 24.8 Å². The second-order valence-corrected chi connectivity index (χ2v) is 6.87. The predicted molar refractivity (Wildman–Crippen MR) is 96.2 cm³/mol. The molecule has 0 N–H and O–H groups in total. The highest BCUT2D eigenvalue weighted by Gasteiger charge is 2.41. The van der Waals surface area contributed by atoms with Gasteiger partial charge in [-0.15, -0.1) is 0 Å². The average molecular weight is 404 g/mol. The number of amides is 1. The van der Waals surface area contributed by atoms with E-state index in [0.717, 1.165) is 6.20 Å². The van der Waals surface area contributed by atoms with Gasteiger partial charge in [0.05, 0.1) is 24.1 Å². The van der Waals surface area contributed by atoms with Gasteiger partial charge in [0.25, 0.3) is 5.91 Å². The number of rotatable bonds is 7. The highest BCUT2D eigenvalue weighted by atomic mass is 35.5. The molecular weight excluding hydrogens is 383 g/mol. The first-order valence-electron chi connectivity index (χ1n) is 8.34. The number of halogens is 4. The second kappa shape index (κ2) is 8.75. The molecule has 0 atom stereocenters. The Hall–Kier alpha value is -2.06. The standard InChI is InChI=1S/C18H21ClF3N3O2/c1-12(2)11-24(8-9-27-3)17(26)15-10-23-25(16(15)18(20,21)22)14-6-4-13(19)5-7-14/h4-7,10,12H,8-9,11H2,1-3H3. The minimum absolute atomic E-state index is 0.0893. The van der Waals surface area contributed by atoms with Gasteiger partial charge >= 0.3 is 6.18 Å². The third-order valence-electron chi connectivity index (χ3n) is 3.78. The van der Waals surface area contributed by atoms with E-state index in [2.05, 4.69) is 5.10 Å². The summed E-state index contributed by atoms with van der Waals surface area (Å²) in [5.74, 6) is -0.639. The molecule has 2 rings (SSSR count). The topological polar surface area (TPSA) is 47.4 Å². The summed E-state index contributed by atoms with van der Waals surface area (Å²) in [4.78, 5) is 14.2. The largest absolute Gasteiger partial charge is 0.434 e. The summed E-state index contributed by atoms with van der Waals surface area (Å²) in [6, 6.07) is 5.75. The summed E-state index contributed by atoms with van der Waals surface area (Å²) in [5, 5.41) is 4.21. The smallest absolute Gasteiger partial charge is 0.383 e. The molecule has 0 saturated heterocycles. The van der Waals surface area contributed by atoms with E-state index in [9.17, 15) is 18.0 Å². The lowest BCUT2D eigenvalue weighted by molar-refractivity contribution is -0.143. The molecular formula is C18H21ClF3N3O2. The Morgan fingerprint density at radius 2 is 1.93 bits per heavy atom. The minimum atomic E-state index is -4.76. The monoisotopic (exact) mass is 403 g/mol. The summed E-state index contributed by atoms with van der Waals surface area (Å²) in [7, 11) is 1.47. The second-order valence-electron chi connectivity index (χ2n) is 6.43. The molecule has 0 fully saturated rings. The molecule has 1 aromatic heterocycles. The summed E-state index contributed by atoms with van der Waals surface area (Å²) in [6.07, 6.45) is -3.80. The first kappa shape index (κ1) is 21.2. The zero-order valence-corrected chi connectivity index (χ0v) is 16.0. The van der Waals surface area contributed by atoms with Crippen molar-refractivity contribution in [3.63, 3.8) is 0 Å². The quantitative estimate of drug-likeness (QED) is 0.693. The highest BCUT2D eigenvalue weighted by Crippen LogP contribution is 2.34. The molecule has 0 aliphatic carbocycles. The van der Waals surface area contributed by atoms with Crippen molar-refractivity contribution >= 4 is 17.5 Å². The molecule has 0 aliphatic heterocycles. The van der Waals surface area contributed by atoms with Gasteiger partial charge in [0.15, 0.2) is 5.69 Å². The summed E-state index contributed by atoms with van der Waals surface area (Å²) in [6.45, 7) is 4.50. The Bertz CT molecular complexity index is 773. The number of ether oxygens (including phenoxy) is 1. The van der Waals surface area contributed by atoms with E-state index in [1.165, 1.54) is 36.3 Å². The predicted octanol–water partition coefficient (Wildman–Crippen LogP) is 4.29. The lowest BCUT2D eigenvalue weighted by Crippen LogP contribution is -2.37. The van der Waals surface area contributed by atoms with Gasteiger partial charge in [-0.25, -0.2) is 4.68 Å². The van der Waals surface area contributed by atoms with Crippen molar-refractivity contribution in [2.24, 2.45) is 5.92 Å². The molecule has 0 aliphatic rings. The third-order valence-corrected chi connectivity index (χ3v) is 4.03. The SMILES string of the molecule is COCCN(CC(C)C)C(=O)c1cnn(-c2ccc(Cl)cc2)c1C(F)(F)F. The van der Waals surface area contributed by atoms with Crippen molar-refractivity contribution in [1.82, 2.24) is 14.7 Å². The van der Waals surface area contributed by atoms with Crippen LogP contribution in [-0.4, -0.2) is 47.4 Å². The molecule has 148 valence electrons. The first-order valence-corrected chi connectivity index (χ1v) is 8.72. The molecule has 0 spiro atoms. The van der Waals surface area contributed by atoms with Gasteiger partial charge in [0.1, 0.15) is 0 Å². The van der Waals surface area contributed by atoms with Gasteiger partial charge in [-0.2, -0.15) is 18.3 Å². The fourth-order valence-electron chi connectivity index (χ4n) is 2.64. The highest BCUT2D eigenvalue weighted by molar-refractivity contribution is 6.30. The Morgan fingerprint density at radius 1 is 1.30 bits per heavy atom. The number of aromatic nitrogens is 2. The average Bonchev–Trinajstić information content (AvgIpc) is 3.03. The van der Waals surface area contributed by atoms with Crippen molar-refractivity contribution in [3.05, 3.63) is 46.7 Å². The van der Waals surface area contributed by atoms with Crippen LogP contribution in [0.5, 0.6) is 0 Å². The molecule has 5 nitrogen and oxygen atoms in total. The van der Waals surface area contributed by atoms with Crippen LogP contribution >= 0.6 is 11.6 Å². The molecule has 0 radical (unpaired) electrons. The van der Waals surface area contributed by atoms with Crippen molar-refractivity contribution in [3.8, 4) is 5.69 Å². The lowest BCUT2D eigenvalue weighted by atomic mass is 10.1. The van der Waals surface area contributed by atoms with Crippen LogP contribution in [-0.2, 0) is 10.9 Å². The Balaban J connectivity index is 2.49. The van der Waals surface area contributed by atoms with E-state index in [1.54, 1.807) is 0 Å². The maximum Gasteiger partial charge on any atom is 0.434 e. The zero-order chi connectivity index (χ0) is 20.2. The number of carbonyl (C=O) groups excluding carboxylic acids is 1. The van der Waals surface area contributed by atoms with Crippen LogP contribution in [0.2, 0.25) is 5.02 Å². The Kier molecular flexibility index (Phi) is 6.89. The summed E-state index contributed by atoms with van der Waals surface area (Å²) < 4.78 is 47.0. The van der Waals surface area contributed by atoms with Gasteiger partial charge in [0, 0.05) is 25.2 Å². The van der Waals surface area contributed by atoms with Crippen molar-refractivity contribution < 1.29 is 22.7 Å². The van der Waals surface area contributed by atoms with Gasteiger partial charge in [0.2, 0.25) is 0 Å². The minimum Gasteiger partial charge on any atom is -0.383 e. The van der Waals surface area contributed by atoms with Crippen LogP contribution < -0.4 is 0 Å². The molecule has 9 heteroatoms. The van der Waals surface area contributed by atoms with Crippen molar-refractivity contribution in [2.75, 3.05) is 26.8 Å². The number of methoxy groups -OCH3 is 1. The number of alkyl halides is 3. The molecule has 0 saturated carbocycles. The molecule has 0 bridgehead atoms. The van der Waals surface area contributed by atoms with Crippen molar-refractivity contribution in [1.29, 1.82) is 0 Å². The summed E-state index contributed by atoms with van der Waals surface area (Å²) in [5.41, 5.74) is -1.44. The van der Waals surface area contributed by atoms with Crippen molar-refractivity contribution in [2.45, 2.75) is 20.0 Å². The number of hydrogen-bond acceptors (Lipinski definition) is 3. The van der Waals surface area contributed by atoms with E-state index in [0.29, 0.717) is 16.2 Å². The lowest BCUT2D eigenvalue weighted by Gasteiger charge is -2.24. The number of hydrogen-bond donors (Lipinski definition) is 0. The third kappa shape index (κ3) is 5.23. The molecule has 2 aromatic rings. The first-order chi connectivity index (χ1) is 12.6. The maximum absolute atomic E-state index is 13.8. The van der Waals surface area contributed by atoms with E-state index in [4.69, 9.17) is 16.3 Å². The number of carbonyl (C=O) groups is 1. The fourth-order valence-corrected chi connectivity index (χ4v) is 2.77. The maximum atomic E-state index is 13.8. The normalized spacial score (nSPS) is 11.9. The van der Waals surface area contributed by atoms with E-state index >= 15 is 0 Å². The van der Waals surface area contributed by atoms with Crippen LogP contribution in [0.4, 0.5) is 13.2 Å². The summed E-state index contributed by atoms with van der Waals surface area (Å²) >= 11 is 5.80. The Morgan fingerprint density at radius 3 is 2.44 bits per heavy atom. The Labute approximate surface area is 160 Å². The van der Waals surface area contributed by atoms with Crippen LogP contribution in [0.1, 0.15) is 29.9 Å². The van der Waals surface area contributed by atoms with Gasteiger partial charge in [-0.05, 0) is 30.2 Å². The van der Waals surface area contributed by atoms with Crippen LogP contribution in [0.3, 0.4) is 0 Å². The number of benzene rings is 1. The van der Waals surface area contributed by atoms with Gasteiger partial charge in [-0.1, -0.05) is 25.4 Å². The molecule has 1 amide bonds. The van der Waals surface area contributed by atoms with Crippen LogP contribution in [0.25, 0.3) is 5.69 Å². The molecule has 1 heterocycles. The van der Waals surface area contributed by atoms with Gasteiger partial charge < -0.3 is 9.64 Å². The zero-order valence-electron chi connectivity index (χ0n) is 15.3. The van der Waals surface area contributed by atoms with E-state index < -0.39 is 23.3 Å². The van der Waals surface area contributed by atoms with Crippen LogP contribution in [0, 0.1) is 5.92 Å². The molecule has 0 unspecified atom stereocenters. The fraction of sp³-hybridized carbons (Fsp3) is 0.444. The van der Waals surface area contributed by atoms with E-state index in [1.807, 2.05) is 13.8 Å². The molecule has 1 aromatic carbocycles.